The predicted octanol–water partition coefficient (Wildman–Crippen LogP) is 2.27. The smallest absolute Gasteiger partial charge is 0.242 e. The molecule has 0 amide bonds. The molecule has 0 bridgehead atoms. The Kier molecular flexibility index (Phi) is 4.69. The van der Waals surface area contributed by atoms with Crippen LogP contribution in [-0.4, -0.2) is 31.8 Å². The van der Waals surface area contributed by atoms with Crippen molar-refractivity contribution in [2.75, 3.05) is 19.8 Å². The van der Waals surface area contributed by atoms with Gasteiger partial charge in [-0.05, 0) is 17.7 Å². The highest BCUT2D eigenvalue weighted by atomic mass is 32.2. The van der Waals surface area contributed by atoms with Crippen LogP contribution in [-0.2, 0) is 15.8 Å². The summed E-state index contributed by atoms with van der Waals surface area (Å²) < 4.78 is 26.3. The molecule has 2 aromatic rings. The fraction of sp³-hybridized carbons (Fsp3) is 0.250. The Morgan fingerprint density at radius 3 is 2.75 bits per heavy atom. The molecule has 8 heteroatoms. The molecule has 20 heavy (non-hydrogen) atoms. The third-order valence-corrected chi connectivity index (χ3v) is 6.46. The van der Waals surface area contributed by atoms with Gasteiger partial charge in [-0.3, -0.25) is 0 Å². The van der Waals surface area contributed by atoms with E-state index < -0.39 is 10.0 Å². The lowest BCUT2D eigenvalue weighted by Crippen LogP contribution is -2.22. The lowest BCUT2D eigenvalue weighted by atomic mass is 10.2. The molecular formula is C12H15N3O2S3. The summed E-state index contributed by atoms with van der Waals surface area (Å²) in [6.07, 6.45) is 1.73. The molecule has 0 saturated heterocycles. The lowest BCUT2D eigenvalue weighted by Gasteiger charge is -2.12. The highest BCUT2D eigenvalue weighted by Gasteiger charge is 2.17. The zero-order valence-corrected chi connectivity index (χ0v) is 13.6. The van der Waals surface area contributed by atoms with E-state index in [0.717, 1.165) is 9.77 Å². The van der Waals surface area contributed by atoms with Crippen molar-refractivity contribution in [2.45, 2.75) is 14.9 Å². The second kappa shape index (κ2) is 6.13. The number of anilines is 1. The number of benzene rings is 1. The Balaban J connectivity index is 2.14. The first kappa shape index (κ1) is 15.3. The van der Waals surface area contributed by atoms with Crippen LogP contribution in [0.5, 0.6) is 0 Å². The molecule has 1 heterocycles. The van der Waals surface area contributed by atoms with Crippen LogP contribution in [0.2, 0.25) is 0 Å². The second-order valence-electron chi connectivity index (χ2n) is 4.24. The number of rotatable bonds is 5. The highest BCUT2D eigenvalue weighted by molar-refractivity contribution is 8.00. The van der Waals surface area contributed by atoms with Crippen LogP contribution in [0.25, 0.3) is 0 Å². The normalized spacial score (nSPS) is 11.9. The zero-order valence-electron chi connectivity index (χ0n) is 11.1. The van der Waals surface area contributed by atoms with E-state index in [-0.39, 0.29) is 0 Å². The fourth-order valence-electron chi connectivity index (χ4n) is 1.50. The minimum Gasteiger partial charge on any atom is -0.375 e. The average molecular weight is 329 g/mol. The molecule has 0 atom stereocenters. The van der Waals surface area contributed by atoms with Gasteiger partial charge in [0.05, 0.1) is 15.3 Å². The number of hydrogen-bond donors (Lipinski definition) is 1. The monoisotopic (exact) mass is 329 g/mol. The van der Waals surface area contributed by atoms with Crippen LogP contribution in [0.4, 0.5) is 5.13 Å². The first-order valence-corrected chi connectivity index (χ1v) is 8.99. The van der Waals surface area contributed by atoms with Gasteiger partial charge in [-0.2, -0.15) is 0 Å². The summed E-state index contributed by atoms with van der Waals surface area (Å²) in [7, 11) is -0.335. The maximum Gasteiger partial charge on any atom is 0.242 e. The molecular weight excluding hydrogens is 314 g/mol. The van der Waals surface area contributed by atoms with Crippen LogP contribution in [0.15, 0.2) is 39.6 Å². The molecule has 0 saturated carbocycles. The Hall–Kier alpha value is -1.09. The molecule has 0 unspecified atom stereocenters. The van der Waals surface area contributed by atoms with Gasteiger partial charge in [-0.15, -0.1) is 11.8 Å². The van der Waals surface area contributed by atoms with Crippen molar-refractivity contribution >= 4 is 38.3 Å². The van der Waals surface area contributed by atoms with Crippen LogP contribution in [0.1, 0.15) is 5.56 Å². The van der Waals surface area contributed by atoms with Gasteiger partial charge < -0.3 is 5.73 Å². The van der Waals surface area contributed by atoms with Crippen LogP contribution < -0.4 is 5.73 Å². The SMILES string of the molecule is CN(C)S(=O)(=O)c1cccc(CSc2cnc(N)s2)c1. The van der Waals surface area contributed by atoms with Gasteiger partial charge in [0, 0.05) is 19.8 Å². The Morgan fingerprint density at radius 2 is 2.15 bits per heavy atom. The topological polar surface area (TPSA) is 76.3 Å². The summed E-state index contributed by atoms with van der Waals surface area (Å²) in [6, 6.07) is 6.97. The molecule has 0 fully saturated rings. The molecule has 0 spiro atoms. The molecule has 1 aromatic heterocycles. The molecule has 0 aliphatic carbocycles. The average Bonchev–Trinajstić information content (AvgIpc) is 2.82. The van der Waals surface area contributed by atoms with E-state index in [1.165, 1.54) is 29.7 Å². The van der Waals surface area contributed by atoms with Crippen molar-refractivity contribution < 1.29 is 8.42 Å². The largest absolute Gasteiger partial charge is 0.375 e. The molecule has 0 radical (unpaired) electrons. The first-order chi connectivity index (χ1) is 9.39. The van der Waals surface area contributed by atoms with Gasteiger partial charge in [0.15, 0.2) is 5.13 Å². The lowest BCUT2D eigenvalue weighted by molar-refractivity contribution is 0.520. The van der Waals surface area contributed by atoms with Crippen molar-refractivity contribution in [3.8, 4) is 0 Å². The predicted molar refractivity (Wildman–Crippen MR) is 83.4 cm³/mol. The van der Waals surface area contributed by atoms with Gasteiger partial charge in [0.1, 0.15) is 0 Å². The Morgan fingerprint density at radius 1 is 1.40 bits per heavy atom. The van der Waals surface area contributed by atoms with Crippen molar-refractivity contribution in [2.24, 2.45) is 0 Å². The third kappa shape index (κ3) is 3.51. The third-order valence-electron chi connectivity index (χ3n) is 2.56. The molecule has 2 N–H and O–H groups in total. The number of thioether (sulfide) groups is 1. The Labute approximate surface area is 126 Å². The van der Waals surface area contributed by atoms with Gasteiger partial charge >= 0.3 is 0 Å². The van der Waals surface area contributed by atoms with Crippen molar-refractivity contribution in [1.29, 1.82) is 0 Å². The number of nitrogen functional groups attached to an aromatic ring is 1. The number of nitrogens with zero attached hydrogens (tertiary/aromatic N) is 2. The van der Waals surface area contributed by atoms with Crippen molar-refractivity contribution in [3.63, 3.8) is 0 Å². The van der Waals surface area contributed by atoms with E-state index in [9.17, 15) is 8.42 Å². The van der Waals surface area contributed by atoms with E-state index >= 15 is 0 Å². The van der Waals surface area contributed by atoms with Gasteiger partial charge in [0.25, 0.3) is 0 Å². The van der Waals surface area contributed by atoms with E-state index in [1.54, 1.807) is 36.2 Å². The maximum absolute atomic E-state index is 12.1. The molecule has 0 aliphatic rings. The van der Waals surface area contributed by atoms with Crippen LogP contribution in [0.3, 0.4) is 0 Å². The molecule has 5 nitrogen and oxygen atoms in total. The van der Waals surface area contributed by atoms with Crippen LogP contribution in [0, 0.1) is 0 Å². The maximum atomic E-state index is 12.1. The highest BCUT2D eigenvalue weighted by Crippen LogP contribution is 2.29. The molecule has 0 aliphatic heterocycles. The second-order valence-corrected chi connectivity index (χ2v) is 8.73. The number of thiazole rings is 1. The fourth-order valence-corrected chi connectivity index (χ4v) is 4.17. The summed E-state index contributed by atoms with van der Waals surface area (Å²) >= 11 is 3.01. The van der Waals surface area contributed by atoms with Crippen molar-refractivity contribution in [3.05, 3.63) is 36.0 Å². The minimum atomic E-state index is -3.38. The van der Waals surface area contributed by atoms with E-state index in [4.69, 9.17) is 5.73 Å². The number of hydrogen-bond acceptors (Lipinski definition) is 6. The van der Waals surface area contributed by atoms with Gasteiger partial charge in [-0.1, -0.05) is 23.5 Å². The minimum absolute atomic E-state index is 0.310. The molecule has 108 valence electrons. The summed E-state index contributed by atoms with van der Waals surface area (Å²) in [4.78, 5) is 4.29. The number of aromatic nitrogens is 1. The Bertz CT molecular complexity index is 695. The summed E-state index contributed by atoms with van der Waals surface area (Å²) in [5.74, 6) is 0.679. The van der Waals surface area contributed by atoms with E-state index in [1.807, 2.05) is 6.07 Å². The zero-order chi connectivity index (χ0) is 14.8. The van der Waals surface area contributed by atoms with Gasteiger partial charge in [0.2, 0.25) is 10.0 Å². The number of sulfonamides is 1. The quantitative estimate of drug-likeness (QED) is 0.852. The molecule has 2 rings (SSSR count). The standard InChI is InChI=1S/C12H15N3O2S3/c1-15(2)20(16,17)10-5-3-4-9(6-10)8-18-11-7-14-12(13)19-11/h3-7H,8H2,1-2H3,(H2,13,14). The van der Waals surface area contributed by atoms with Gasteiger partial charge in [-0.25, -0.2) is 17.7 Å². The van der Waals surface area contributed by atoms with Crippen molar-refractivity contribution in [1.82, 2.24) is 9.29 Å². The summed E-state index contributed by atoms with van der Waals surface area (Å²) in [5.41, 5.74) is 6.52. The summed E-state index contributed by atoms with van der Waals surface area (Å²) in [5, 5.41) is 0.538. The van der Waals surface area contributed by atoms with E-state index in [0.29, 0.717) is 15.8 Å². The number of nitrogens with two attached hydrogens (primary N) is 1. The first-order valence-electron chi connectivity index (χ1n) is 5.75. The van der Waals surface area contributed by atoms with E-state index in [2.05, 4.69) is 4.98 Å². The summed E-state index contributed by atoms with van der Waals surface area (Å²) in [6.45, 7) is 0. The molecule has 1 aromatic carbocycles. The van der Waals surface area contributed by atoms with Crippen LogP contribution >= 0.6 is 23.1 Å².